The number of carbonyl (C=O) groups excluding carboxylic acids is 1. The van der Waals surface area contributed by atoms with Gasteiger partial charge in [-0.2, -0.15) is 0 Å². The molecule has 1 amide bonds. The lowest BCUT2D eigenvalue weighted by molar-refractivity contribution is 0.0988. The fourth-order valence-corrected chi connectivity index (χ4v) is 5.48. The molecule has 1 heterocycles. The number of carbonyl (C=O) groups is 1. The Hall–Kier alpha value is -2.98. The molecule has 0 saturated heterocycles. The number of nitrogens with zero attached hydrogens (tertiary/aromatic N) is 1. The summed E-state index contributed by atoms with van der Waals surface area (Å²) in [7, 11) is 0. The van der Waals surface area contributed by atoms with Gasteiger partial charge in [-0.3, -0.25) is 4.79 Å². The van der Waals surface area contributed by atoms with Crippen molar-refractivity contribution >= 4 is 29.0 Å². The summed E-state index contributed by atoms with van der Waals surface area (Å²) in [6, 6.07) is 25.3. The molecule has 3 unspecified atom stereocenters. The Labute approximate surface area is 194 Å². The van der Waals surface area contributed by atoms with Crippen molar-refractivity contribution in [1.29, 1.82) is 0 Å². The lowest BCUT2D eigenvalue weighted by atomic mass is 9.76. The standard InChI is InChI=1S/C28H28N2OS/c1-3-30(21-8-5-4-6-9-21)28(31)20-14-17-26-25(18-20)23-10-7-11-24(23)27(29-26)19-12-15-22(32-2)16-13-19/h4-10,12-18,23-24,27,29H,3,11H2,1-2H3. The summed E-state index contributed by atoms with van der Waals surface area (Å²) in [6.07, 6.45) is 7.79. The molecule has 1 aliphatic heterocycles. The van der Waals surface area contributed by atoms with Crippen LogP contribution in [0, 0.1) is 5.92 Å². The smallest absolute Gasteiger partial charge is 0.258 e. The molecule has 1 N–H and O–H groups in total. The van der Waals surface area contributed by atoms with E-state index in [1.807, 2.05) is 48.2 Å². The average Bonchev–Trinajstić information content (AvgIpc) is 3.35. The average molecular weight is 441 g/mol. The van der Waals surface area contributed by atoms with Crippen molar-refractivity contribution in [1.82, 2.24) is 0 Å². The molecule has 3 nitrogen and oxygen atoms in total. The van der Waals surface area contributed by atoms with E-state index in [1.165, 1.54) is 16.0 Å². The second-order valence-electron chi connectivity index (χ2n) is 8.44. The van der Waals surface area contributed by atoms with E-state index >= 15 is 0 Å². The van der Waals surface area contributed by atoms with Gasteiger partial charge in [0.2, 0.25) is 0 Å². The topological polar surface area (TPSA) is 32.3 Å². The monoisotopic (exact) mass is 440 g/mol. The molecule has 4 heteroatoms. The molecule has 3 aromatic carbocycles. The van der Waals surface area contributed by atoms with Crippen molar-refractivity contribution < 1.29 is 4.79 Å². The SMILES string of the molecule is CCN(C(=O)c1ccc2c(c1)C1C=CCC1C(c1ccc(SC)cc1)N2)c1ccccc1. The number of allylic oxidation sites excluding steroid dienone is 2. The molecule has 162 valence electrons. The van der Waals surface area contributed by atoms with Gasteiger partial charge in [0.1, 0.15) is 0 Å². The van der Waals surface area contributed by atoms with Crippen LogP contribution in [-0.2, 0) is 0 Å². The summed E-state index contributed by atoms with van der Waals surface area (Å²) >= 11 is 1.77. The normalized spacial score (nSPS) is 20.9. The Morgan fingerprint density at radius 2 is 1.84 bits per heavy atom. The van der Waals surface area contributed by atoms with Gasteiger partial charge in [-0.1, -0.05) is 42.5 Å². The van der Waals surface area contributed by atoms with Crippen molar-refractivity contribution in [3.63, 3.8) is 0 Å². The van der Waals surface area contributed by atoms with Gasteiger partial charge in [0.05, 0.1) is 6.04 Å². The number of hydrogen-bond donors (Lipinski definition) is 1. The lowest BCUT2D eigenvalue weighted by Crippen LogP contribution is -2.32. The van der Waals surface area contributed by atoms with Crippen LogP contribution in [0.1, 0.15) is 46.8 Å². The van der Waals surface area contributed by atoms with E-state index in [0.717, 1.165) is 23.4 Å². The quantitative estimate of drug-likeness (QED) is 0.346. The summed E-state index contributed by atoms with van der Waals surface area (Å²) in [6.45, 7) is 2.66. The number of nitrogens with one attached hydrogen (secondary N) is 1. The molecule has 1 aliphatic carbocycles. The minimum atomic E-state index is 0.0507. The second-order valence-corrected chi connectivity index (χ2v) is 9.32. The molecule has 3 aromatic rings. The van der Waals surface area contributed by atoms with Crippen molar-refractivity contribution in [2.45, 2.75) is 30.2 Å². The van der Waals surface area contributed by atoms with Crippen molar-refractivity contribution in [3.8, 4) is 0 Å². The molecule has 0 radical (unpaired) electrons. The van der Waals surface area contributed by atoms with Gasteiger partial charge in [-0.15, -0.1) is 11.8 Å². The zero-order valence-electron chi connectivity index (χ0n) is 18.5. The first-order valence-electron chi connectivity index (χ1n) is 11.3. The minimum Gasteiger partial charge on any atom is -0.378 e. The van der Waals surface area contributed by atoms with Gasteiger partial charge < -0.3 is 10.2 Å². The van der Waals surface area contributed by atoms with E-state index < -0.39 is 0 Å². The second kappa shape index (κ2) is 8.87. The molecular weight excluding hydrogens is 412 g/mol. The molecule has 0 saturated carbocycles. The van der Waals surface area contributed by atoms with Crippen LogP contribution in [0.2, 0.25) is 0 Å². The van der Waals surface area contributed by atoms with Gasteiger partial charge >= 0.3 is 0 Å². The Balaban J connectivity index is 1.47. The third-order valence-electron chi connectivity index (χ3n) is 6.71. The number of para-hydroxylation sites is 1. The van der Waals surface area contributed by atoms with Crippen LogP contribution in [0.4, 0.5) is 11.4 Å². The molecule has 3 atom stereocenters. The summed E-state index contributed by atoms with van der Waals surface area (Å²) in [5, 5.41) is 3.79. The van der Waals surface area contributed by atoms with Gasteiger partial charge in [0, 0.05) is 34.3 Å². The van der Waals surface area contributed by atoms with Crippen LogP contribution in [0.15, 0.2) is 89.8 Å². The van der Waals surface area contributed by atoms with E-state index in [9.17, 15) is 4.79 Å². The van der Waals surface area contributed by atoms with E-state index in [0.29, 0.717) is 18.4 Å². The predicted molar refractivity (Wildman–Crippen MR) is 135 cm³/mol. The van der Waals surface area contributed by atoms with Crippen LogP contribution < -0.4 is 10.2 Å². The fraction of sp³-hybridized carbons (Fsp3) is 0.250. The highest BCUT2D eigenvalue weighted by Crippen LogP contribution is 2.50. The lowest BCUT2D eigenvalue weighted by Gasteiger charge is -2.38. The first kappa shape index (κ1) is 20.9. The van der Waals surface area contributed by atoms with Crippen LogP contribution in [0.3, 0.4) is 0 Å². The van der Waals surface area contributed by atoms with Crippen LogP contribution >= 0.6 is 11.8 Å². The summed E-state index contributed by atoms with van der Waals surface area (Å²) in [5.74, 6) is 0.843. The number of benzene rings is 3. The Kier molecular flexibility index (Phi) is 5.79. The number of rotatable bonds is 5. The molecule has 0 aromatic heterocycles. The first-order chi connectivity index (χ1) is 15.7. The third-order valence-corrected chi connectivity index (χ3v) is 7.46. The number of thioether (sulfide) groups is 1. The fourth-order valence-electron chi connectivity index (χ4n) is 5.08. The number of amides is 1. The van der Waals surface area contributed by atoms with E-state index in [-0.39, 0.29) is 11.9 Å². The van der Waals surface area contributed by atoms with E-state index in [2.05, 4.69) is 60.1 Å². The van der Waals surface area contributed by atoms with Gasteiger partial charge in [0.15, 0.2) is 0 Å². The molecule has 5 rings (SSSR count). The molecule has 0 bridgehead atoms. The molecule has 0 fully saturated rings. The van der Waals surface area contributed by atoms with Crippen LogP contribution in [0.5, 0.6) is 0 Å². The highest BCUT2D eigenvalue weighted by molar-refractivity contribution is 7.98. The van der Waals surface area contributed by atoms with Gasteiger partial charge in [0.25, 0.3) is 5.91 Å². The van der Waals surface area contributed by atoms with Crippen molar-refractivity contribution in [3.05, 3.63) is 102 Å². The highest BCUT2D eigenvalue weighted by Gasteiger charge is 2.38. The summed E-state index contributed by atoms with van der Waals surface area (Å²) < 4.78 is 0. The number of anilines is 2. The Morgan fingerprint density at radius 3 is 2.56 bits per heavy atom. The molecule has 32 heavy (non-hydrogen) atoms. The van der Waals surface area contributed by atoms with Crippen LogP contribution in [-0.4, -0.2) is 18.7 Å². The maximum absolute atomic E-state index is 13.4. The number of hydrogen-bond acceptors (Lipinski definition) is 3. The summed E-state index contributed by atoms with van der Waals surface area (Å²) in [5.41, 5.74) is 5.38. The largest absolute Gasteiger partial charge is 0.378 e. The zero-order chi connectivity index (χ0) is 22.1. The summed E-state index contributed by atoms with van der Waals surface area (Å²) in [4.78, 5) is 16.5. The highest BCUT2D eigenvalue weighted by atomic mass is 32.2. The van der Waals surface area contributed by atoms with Crippen molar-refractivity contribution in [2.24, 2.45) is 5.92 Å². The Morgan fingerprint density at radius 1 is 1.06 bits per heavy atom. The predicted octanol–water partition coefficient (Wildman–Crippen LogP) is 6.90. The zero-order valence-corrected chi connectivity index (χ0v) is 19.3. The number of fused-ring (bicyclic) bond motifs is 3. The van der Waals surface area contributed by atoms with E-state index in [4.69, 9.17) is 0 Å². The Bertz CT molecular complexity index is 1140. The molecular formula is C28H28N2OS. The maximum Gasteiger partial charge on any atom is 0.258 e. The minimum absolute atomic E-state index is 0.0507. The first-order valence-corrected chi connectivity index (χ1v) is 12.5. The van der Waals surface area contributed by atoms with E-state index in [1.54, 1.807) is 11.8 Å². The van der Waals surface area contributed by atoms with Gasteiger partial charge in [-0.25, -0.2) is 0 Å². The van der Waals surface area contributed by atoms with Crippen LogP contribution in [0.25, 0.3) is 0 Å². The molecule has 0 spiro atoms. The van der Waals surface area contributed by atoms with Crippen molar-refractivity contribution in [2.75, 3.05) is 23.0 Å². The molecule has 2 aliphatic rings. The maximum atomic E-state index is 13.4. The van der Waals surface area contributed by atoms with Gasteiger partial charge in [-0.05, 0) is 79.1 Å². The third kappa shape index (κ3) is 3.73.